The molecular weight excluding hydrogens is 411 g/mol. The minimum absolute atomic E-state index is 0.394. The maximum Gasteiger partial charge on any atom is 0.250 e. The van der Waals surface area contributed by atoms with E-state index in [0.717, 1.165) is 30.9 Å². The first-order valence-electron chi connectivity index (χ1n) is 9.48. The highest BCUT2D eigenvalue weighted by atomic mass is 35.5. The number of hydrogen-bond donors (Lipinski definition) is 0. The average Bonchev–Trinajstić information content (AvgIpc) is 2.74. The molecule has 0 bridgehead atoms. The van der Waals surface area contributed by atoms with Crippen LogP contribution in [0.25, 0.3) is 11.1 Å². The number of nitrogens with zero attached hydrogens (tertiary/aromatic N) is 2. The van der Waals surface area contributed by atoms with Gasteiger partial charge in [-0.1, -0.05) is 35.3 Å². The zero-order chi connectivity index (χ0) is 20.4. The number of hydrogen-bond acceptors (Lipinski definition) is 5. The quantitative estimate of drug-likeness (QED) is 0.560. The molecule has 4 rings (SSSR count). The van der Waals surface area contributed by atoms with Crippen LogP contribution in [0.5, 0.6) is 5.75 Å². The summed E-state index contributed by atoms with van der Waals surface area (Å²) in [5.74, 6) is 0.796. The molecule has 7 heteroatoms. The Balaban J connectivity index is 1.34. The summed E-state index contributed by atoms with van der Waals surface area (Å²) in [6.45, 7) is 4.40. The van der Waals surface area contributed by atoms with Gasteiger partial charge in [0, 0.05) is 42.8 Å². The molecule has 1 heterocycles. The number of halogens is 2. The fourth-order valence-electron chi connectivity index (χ4n) is 3.58. The minimum Gasteiger partial charge on any atom is -0.492 e. The number of anilines is 1. The molecule has 0 aromatic heterocycles. The predicted molar refractivity (Wildman–Crippen MR) is 117 cm³/mol. The first-order chi connectivity index (χ1) is 14.0. The molecular formula is C22H20Cl2N2O3. The summed E-state index contributed by atoms with van der Waals surface area (Å²) < 4.78 is 5.75. The van der Waals surface area contributed by atoms with E-state index in [9.17, 15) is 9.59 Å². The third-order valence-corrected chi connectivity index (χ3v) is 5.70. The Bertz CT molecular complexity index is 1050. The molecule has 3 aromatic carbocycles. The molecule has 0 spiro atoms. The van der Waals surface area contributed by atoms with Gasteiger partial charge in [-0.05, 0) is 42.0 Å². The maximum atomic E-state index is 12.2. The number of piperazine rings is 1. The molecule has 0 amide bonds. The fourth-order valence-corrected chi connectivity index (χ4v) is 3.84. The van der Waals surface area contributed by atoms with Crippen LogP contribution in [-0.4, -0.2) is 44.2 Å². The van der Waals surface area contributed by atoms with Crippen LogP contribution in [0, 0.1) is 0 Å². The minimum atomic E-state index is -0.416. The molecule has 150 valence electrons. The van der Waals surface area contributed by atoms with Crippen LogP contribution >= 0.6 is 23.2 Å². The van der Waals surface area contributed by atoms with E-state index in [2.05, 4.69) is 4.90 Å². The third kappa shape index (κ3) is 4.32. The highest BCUT2D eigenvalue weighted by Gasteiger charge is 2.29. The Labute approximate surface area is 178 Å². The molecule has 0 unspecified atom stereocenters. The van der Waals surface area contributed by atoms with Gasteiger partial charge in [0.1, 0.15) is 18.0 Å². The number of benzene rings is 2. The Kier molecular flexibility index (Phi) is 5.90. The van der Waals surface area contributed by atoms with Crippen molar-refractivity contribution >= 4 is 28.9 Å². The van der Waals surface area contributed by atoms with E-state index >= 15 is 0 Å². The van der Waals surface area contributed by atoms with Gasteiger partial charge in [-0.25, -0.2) is 0 Å². The molecule has 1 saturated heterocycles. The zero-order valence-electron chi connectivity index (χ0n) is 15.7. The lowest BCUT2D eigenvalue weighted by atomic mass is 9.97. The summed E-state index contributed by atoms with van der Waals surface area (Å²) in [4.78, 5) is 28.7. The van der Waals surface area contributed by atoms with Crippen LogP contribution in [0.4, 0.5) is 5.69 Å². The van der Waals surface area contributed by atoms with Gasteiger partial charge in [-0.2, -0.15) is 0 Å². The first-order valence-corrected chi connectivity index (χ1v) is 10.2. The Hall–Kier alpha value is -2.34. The lowest BCUT2D eigenvalue weighted by Gasteiger charge is -2.37. The van der Waals surface area contributed by atoms with E-state index < -0.39 is 10.9 Å². The first kappa shape index (κ1) is 20.0. The van der Waals surface area contributed by atoms with Crippen LogP contribution in [-0.2, 0) is 0 Å². The van der Waals surface area contributed by atoms with Crippen LogP contribution < -0.4 is 20.5 Å². The van der Waals surface area contributed by atoms with E-state index in [1.165, 1.54) is 0 Å². The molecule has 29 heavy (non-hydrogen) atoms. The van der Waals surface area contributed by atoms with Crippen LogP contribution in [0.2, 0.25) is 10.0 Å². The predicted octanol–water partition coefficient (Wildman–Crippen LogP) is 3.46. The third-order valence-electron chi connectivity index (χ3n) is 5.20. The van der Waals surface area contributed by atoms with Gasteiger partial charge >= 0.3 is 0 Å². The van der Waals surface area contributed by atoms with Crippen molar-refractivity contribution in [1.82, 2.24) is 4.90 Å². The zero-order valence-corrected chi connectivity index (χ0v) is 17.2. The number of ether oxygens (including phenoxy) is 1. The molecule has 1 aliphatic rings. The topological polar surface area (TPSA) is 49.9 Å². The van der Waals surface area contributed by atoms with Gasteiger partial charge in [0.05, 0.1) is 5.56 Å². The van der Waals surface area contributed by atoms with Crippen molar-refractivity contribution in [1.29, 1.82) is 0 Å². The van der Waals surface area contributed by atoms with E-state index in [0.29, 0.717) is 41.0 Å². The maximum absolute atomic E-state index is 12.2. The summed E-state index contributed by atoms with van der Waals surface area (Å²) in [6.07, 6.45) is 0. The van der Waals surface area contributed by atoms with Crippen molar-refractivity contribution in [3.8, 4) is 16.9 Å². The highest BCUT2D eigenvalue weighted by Crippen LogP contribution is 2.28. The number of rotatable bonds is 6. The highest BCUT2D eigenvalue weighted by molar-refractivity contribution is 6.30. The van der Waals surface area contributed by atoms with Gasteiger partial charge in [0.25, 0.3) is 0 Å². The molecule has 0 atom stereocenters. The largest absolute Gasteiger partial charge is 0.492 e. The van der Waals surface area contributed by atoms with Crippen molar-refractivity contribution in [2.75, 3.05) is 44.2 Å². The van der Waals surface area contributed by atoms with Crippen molar-refractivity contribution in [2.45, 2.75) is 0 Å². The van der Waals surface area contributed by atoms with E-state index in [1.807, 2.05) is 17.0 Å². The lowest BCUT2D eigenvalue weighted by molar-refractivity contribution is 0.200. The Morgan fingerprint density at radius 2 is 1.38 bits per heavy atom. The molecule has 5 nitrogen and oxygen atoms in total. The van der Waals surface area contributed by atoms with Crippen molar-refractivity contribution in [2.24, 2.45) is 0 Å². The van der Waals surface area contributed by atoms with Crippen LogP contribution in [0.3, 0.4) is 0 Å². The summed E-state index contributed by atoms with van der Waals surface area (Å²) in [7, 11) is 0. The normalized spacial score (nSPS) is 15.0. The summed E-state index contributed by atoms with van der Waals surface area (Å²) in [6, 6.07) is 14.3. The molecule has 3 aromatic rings. The Morgan fingerprint density at radius 1 is 0.793 bits per heavy atom. The average molecular weight is 431 g/mol. The van der Waals surface area contributed by atoms with Gasteiger partial charge in [0.15, 0.2) is 0 Å². The second kappa shape index (κ2) is 8.57. The lowest BCUT2D eigenvalue weighted by Crippen LogP contribution is -2.52. The SMILES string of the molecule is O=c1c(-c2ccc(Cl)cc2)c(N2CCN(CCOc3ccc(Cl)cc3)CC2)c1=O. The van der Waals surface area contributed by atoms with Crippen molar-refractivity contribution in [3.05, 3.63) is 79.0 Å². The summed E-state index contributed by atoms with van der Waals surface area (Å²) in [5.41, 5.74) is 0.976. The molecule has 0 radical (unpaired) electrons. The molecule has 0 aliphatic carbocycles. The van der Waals surface area contributed by atoms with Crippen molar-refractivity contribution < 1.29 is 4.74 Å². The van der Waals surface area contributed by atoms with Gasteiger partial charge in [-0.15, -0.1) is 0 Å². The summed E-state index contributed by atoms with van der Waals surface area (Å²) >= 11 is 11.8. The van der Waals surface area contributed by atoms with E-state index in [1.54, 1.807) is 36.4 Å². The smallest absolute Gasteiger partial charge is 0.250 e. The second-order valence-electron chi connectivity index (χ2n) is 7.02. The monoisotopic (exact) mass is 430 g/mol. The van der Waals surface area contributed by atoms with E-state index in [-0.39, 0.29) is 0 Å². The molecule has 0 N–H and O–H groups in total. The van der Waals surface area contributed by atoms with Crippen LogP contribution in [0.15, 0.2) is 58.1 Å². The molecule has 1 aliphatic heterocycles. The fraction of sp³-hybridized carbons (Fsp3) is 0.273. The van der Waals surface area contributed by atoms with Gasteiger partial charge < -0.3 is 9.64 Å². The second-order valence-corrected chi connectivity index (χ2v) is 7.89. The standard InChI is InChI=1S/C22H20Cl2N2O3/c23-16-3-1-15(2-4-16)19-20(22(28)21(19)27)26-11-9-25(10-12-26)13-14-29-18-7-5-17(24)6-8-18/h1-8H,9-14H2. The van der Waals surface area contributed by atoms with E-state index in [4.69, 9.17) is 27.9 Å². The molecule has 1 fully saturated rings. The van der Waals surface area contributed by atoms with Crippen LogP contribution in [0.1, 0.15) is 0 Å². The molecule has 0 saturated carbocycles. The van der Waals surface area contributed by atoms with Gasteiger partial charge in [0.2, 0.25) is 10.9 Å². The van der Waals surface area contributed by atoms with Gasteiger partial charge in [-0.3, -0.25) is 14.5 Å². The Morgan fingerprint density at radius 3 is 2.00 bits per heavy atom. The summed E-state index contributed by atoms with van der Waals surface area (Å²) in [5, 5.41) is 1.29. The van der Waals surface area contributed by atoms with Crippen molar-refractivity contribution in [3.63, 3.8) is 0 Å².